The minimum absolute atomic E-state index is 0.219. The zero-order chi connectivity index (χ0) is 31.4. The van der Waals surface area contributed by atoms with E-state index < -0.39 is 11.7 Å². The van der Waals surface area contributed by atoms with Gasteiger partial charge < -0.3 is 24.4 Å². The predicted octanol–water partition coefficient (Wildman–Crippen LogP) is 5.57. The zero-order valence-electron chi connectivity index (χ0n) is 26.1. The molecule has 4 bridgehead atoms. The van der Waals surface area contributed by atoms with Gasteiger partial charge in [-0.2, -0.15) is 4.98 Å². The summed E-state index contributed by atoms with van der Waals surface area (Å²) >= 11 is 0. The molecule has 0 aliphatic carbocycles. The number of amides is 1. The van der Waals surface area contributed by atoms with E-state index in [4.69, 9.17) is 19.2 Å². The van der Waals surface area contributed by atoms with Crippen LogP contribution in [0.15, 0.2) is 53.6 Å². The van der Waals surface area contributed by atoms with Gasteiger partial charge in [0.05, 0.1) is 31.1 Å². The third-order valence-corrected chi connectivity index (χ3v) is 6.96. The second-order valence-electron chi connectivity index (χ2n) is 11.2. The first-order valence-electron chi connectivity index (χ1n) is 14.9. The van der Waals surface area contributed by atoms with Crippen molar-refractivity contribution in [1.29, 1.82) is 0 Å². The maximum Gasteiger partial charge on any atom is 0.414 e. The number of fused-ring (bicyclic) bond motifs is 4. The lowest BCUT2D eigenvalue weighted by Crippen LogP contribution is -2.46. The second-order valence-corrected chi connectivity index (χ2v) is 11.2. The minimum atomic E-state index is -0.636. The fraction of sp³-hybridized carbons (Fsp3) is 0.406. The highest BCUT2D eigenvalue weighted by Gasteiger charge is 2.33. The number of aryl methyl sites for hydroxylation is 1. The monoisotopic (exact) mass is 601 g/mol. The number of anilines is 5. The van der Waals surface area contributed by atoms with Gasteiger partial charge in [-0.3, -0.25) is 14.3 Å². The van der Waals surface area contributed by atoms with Crippen molar-refractivity contribution in [1.82, 2.24) is 19.5 Å². The lowest BCUT2D eigenvalue weighted by atomic mass is 10.1. The van der Waals surface area contributed by atoms with E-state index in [2.05, 4.69) is 15.3 Å². The molecule has 0 fully saturated rings. The van der Waals surface area contributed by atoms with Gasteiger partial charge in [-0.05, 0) is 51.5 Å². The zero-order valence-corrected chi connectivity index (χ0v) is 26.1. The number of nitrogens with zero attached hydrogens (tertiary/aromatic N) is 6. The van der Waals surface area contributed by atoms with Crippen LogP contribution in [0.4, 0.5) is 33.5 Å². The van der Waals surface area contributed by atoms with Gasteiger partial charge in [0, 0.05) is 42.6 Å². The Balaban J connectivity index is 0.00000188. The van der Waals surface area contributed by atoms with Crippen LogP contribution >= 0.6 is 0 Å². The third-order valence-electron chi connectivity index (χ3n) is 6.96. The van der Waals surface area contributed by atoms with Gasteiger partial charge in [0.25, 0.3) is 5.56 Å². The van der Waals surface area contributed by atoms with Gasteiger partial charge in [0.2, 0.25) is 11.8 Å². The molecule has 5 heterocycles. The average Bonchev–Trinajstić information content (AvgIpc) is 2.99. The molecule has 0 spiro atoms. The van der Waals surface area contributed by atoms with Crippen molar-refractivity contribution in [2.24, 2.45) is 0 Å². The van der Waals surface area contributed by atoms with Crippen LogP contribution in [0, 0.1) is 6.92 Å². The highest BCUT2D eigenvalue weighted by atomic mass is 16.6. The van der Waals surface area contributed by atoms with Crippen LogP contribution in [0.25, 0.3) is 11.0 Å². The molecule has 12 nitrogen and oxygen atoms in total. The first-order valence-corrected chi connectivity index (χ1v) is 14.9. The molecule has 2 aliphatic rings. The lowest BCUT2D eigenvalue weighted by molar-refractivity contribution is 0.0580. The lowest BCUT2D eigenvalue weighted by Gasteiger charge is -2.39. The number of hydrogen-bond donors (Lipinski definition) is 1. The molecule has 0 unspecified atom stereocenters. The number of ether oxygens (including phenoxy) is 3. The molecule has 0 saturated heterocycles. The predicted molar refractivity (Wildman–Crippen MR) is 171 cm³/mol. The summed E-state index contributed by atoms with van der Waals surface area (Å²) in [6.07, 6.45) is 2.91. The summed E-state index contributed by atoms with van der Waals surface area (Å²) < 4.78 is 18.8. The molecular weight excluding hydrogens is 562 g/mol. The molecule has 232 valence electrons. The number of nitrogens with one attached hydrogen (secondary N) is 1. The van der Waals surface area contributed by atoms with Gasteiger partial charge in [0.15, 0.2) is 0 Å². The first kappa shape index (κ1) is 30.7. The highest BCUT2D eigenvalue weighted by molar-refractivity contribution is 5.97. The number of para-hydroxylation sites is 1. The van der Waals surface area contributed by atoms with Crippen LogP contribution in [-0.2, 0) is 16.0 Å². The van der Waals surface area contributed by atoms with Crippen molar-refractivity contribution in [2.75, 3.05) is 48.0 Å². The van der Waals surface area contributed by atoms with E-state index in [1.807, 2.05) is 70.7 Å². The Kier molecular flexibility index (Phi) is 9.00. The Hall–Kier alpha value is -4.71. The van der Waals surface area contributed by atoms with Gasteiger partial charge in [-0.15, -0.1) is 0 Å². The van der Waals surface area contributed by atoms with Crippen LogP contribution in [0.3, 0.4) is 0 Å². The molecule has 4 aromatic rings. The van der Waals surface area contributed by atoms with Gasteiger partial charge in [-0.25, -0.2) is 14.8 Å². The summed E-state index contributed by atoms with van der Waals surface area (Å²) in [4.78, 5) is 44.4. The van der Waals surface area contributed by atoms with Crippen molar-refractivity contribution >= 4 is 45.8 Å². The standard InChI is InChI=1S/C30H33N7O5.C2H6/c1-19-6-5-7-22-25(19)36(29(39)42-30(2,3)4)11-10-35(22)23-16-20-18-32-28-33-21-8-9-31-24(17-21)41-15-14-40-13-12-37(27(23)38)26(20)34-28;1-2/h5-9,16-18H,10-15H2,1-4H3,(H,32,33,34);1-2H3. The number of carbonyl (C=O) groups excluding carboxylic acids is 1. The summed E-state index contributed by atoms with van der Waals surface area (Å²) in [5.41, 5.74) is 3.17. The first-order chi connectivity index (χ1) is 21.2. The molecule has 6 rings (SSSR count). The molecule has 0 radical (unpaired) electrons. The van der Waals surface area contributed by atoms with Crippen LogP contribution in [0.5, 0.6) is 5.88 Å². The number of aromatic nitrogens is 4. The van der Waals surface area contributed by atoms with Crippen molar-refractivity contribution in [3.63, 3.8) is 0 Å². The van der Waals surface area contributed by atoms with E-state index in [0.717, 1.165) is 11.3 Å². The molecular formula is C32H39N7O5. The molecule has 2 aliphatic heterocycles. The Labute approximate surface area is 256 Å². The summed E-state index contributed by atoms with van der Waals surface area (Å²) in [5.74, 6) is 0.802. The minimum Gasteiger partial charge on any atom is -0.475 e. The molecule has 3 aromatic heterocycles. The summed E-state index contributed by atoms with van der Waals surface area (Å²) in [6, 6.07) is 11.1. The van der Waals surface area contributed by atoms with E-state index in [0.29, 0.717) is 66.2 Å². The molecule has 44 heavy (non-hydrogen) atoms. The molecule has 0 saturated carbocycles. The summed E-state index contributed by atoms with van der Waals surface area (Å²) in [7, 11) is 0. The molecule has 0 atom stereocenters. The van der Waals surface area contributed by atoms with E-state index >= 15 is 0 Å². The van der Waals surface area contributed by atoms with E-state index in [-0.39, 0.29) is 18.7 Å². The maximum absolute atomic E-state index is 14.2. The quantitative estimate of drug-likeness (QED) is 0.296. The second kappa shape index (κ2) is 12.9. The largest absolute Gasteiger partial charge is 0.475 e. The smallest absolute Gasteiger partial charge is 0.414 e. The third kappa shape index (κ3) is 6.45. The van der Waals surface area contributed by atoms with Crippen LogP contribution in [0.2, 0.25) is 0 Å². The van der Waals surface area contributed by atoms with Gasteiger partial charge >= 0.3 is 6.09 Å². The van der Waals surface area contributed by atoms with Crippen LogP contribution in [0.1, 0.15) is 40.2 Å². The molecule has 1 aromatic carbocycles. The van der Waals surface area contributed by atoms with Gasteiger partial charge in [-0.1, -0.05) is 26.0 Å². The summed E-state index contributed by atoms with van der Waals surface area (Å²) in [5, 5.41) is 3.88. The number of rotatable bonds is 1. The van der Waals surface area contributed by atoms with Crippen LogP contribution < -0.4 is 25.4 Å². The Morgan fingerprint density at radius 1 is 1.00 bits per heavy atom. The van der Waals surface area contributed by atoms with Gasteiger partial charge in [0.1, 0.15) is 23.5 Å². The molecule has 12 heteroatoms. The Bertz CT molecular complexity index is 1720. The number of carbonyl (C=O) groups is 1. The maximum atomic E-state index is 14.2. The van der Waals surface area contributed by atoms with E-state index in [1.165, 1.54) is 0 Å². The fourth-order valence-electron chi connectivity index (χ4n) is 5.16. The van der Waals surface area contributed by atoms with E-state index in [1.54, 1.807) is 34.0 Å². The van der Waals surface area contributed by atoms with Crippen LogP contribution in [-0.4, -0.2) is 64.1 Å². The Morgan fingerprint density at radius 3 is 2.61 bits per heavy atom. The number of hydrogen-bond acceptors (Lipinski definition) is 10. The van der Waals surface area contributed by atoms with Crippen molar-refractivity contribution in [3.05, 3.63) is 64.7 Å². The SMILES string of the molecule is CC.Cc1cccc2c1N(C(=O)OC(C)(C)C)CCN2c1cc2cnc3nc2n(c1=O)CCOCCOc1cc(ccn1)N3. The highest BCUT2D eigenvalue weighted by Crippen LogP contribution is 2.40. The summed E-state index contributed by atoms with van der Waals surface area (Å²) in [6.45, 7) is 13.4. The number of pyridine rings is 2. The Morgan fingerprint density at radius 2 is 1.82 bits per heavy atom. The average molecular weight is 602 g/mol. The topological polar surface area (TPSA) is 124 Å². The van der Waals surface area contributed by atoms with Crippen molar-refractivity contribution in [2.45, 2.75) is 53.7 Å². The number of benzene rings is 1. The van der Waals surface area contributed by atoms with Crippen molar-refractivity contribution < 1.29 is 19.0 Å². The molecule has 1 amide bonds. The van der Waals surface area contributed by atoms with E-state index in [9.17, 15) is 9.59 Å². The van der Waals surface area contributed by atoms with Crippen molar-refractivity contribution in [3.8, 4) is 5.88 Å². The normalized spacial score (nSPS) is 14.9. The fourth-order valence-corrected chi connectivity index (χ4v) is 5.16. The molecule has 1 N–H and O–H groups in total.